The molecule has 4 atom stereocenters. The average molecular weight is 685 g/mol. The zero-order valence-corrected chi connectivity index (χ0v) is 28.6. The number of aliphatic hydroxyl groups is 1. The van der Waals surface area contributed by atoms with E-state index in [1.54, 1.807) is 49.4 Å². The SMILES string of the molecule is C[C@@H]1CCCCO[C@H](CN(C)S(=O)(=O)c2ccc(F)cc2)[C@H](C)CN([C@@H](C)CO)C(=O)c2cc(NC(=O)Nc3ccccc3)ccc2O1. The van der Waals surface area contributed by atoms with E-state index < -0.39 is 39.9 Å². The Bertz CT molecular complexity index is 1630. The van der Waals surface area contributed by atoms with Crippen molar-refractivity contribution in [3.63, 3.8) is 0 Å². The van der Waals surface area contributed by atoms with Gasteiger partial charge in [-0.15, -0.1) is 0 Å². The van der Waals surface area contributed by atoms with Gasteiger partial charge in [0.15, 0.2) is 0 Å². The first kappa shape index (κ1) is 36.8. The molecular formula is C35H45FN4O7S. The summed E-state index contributed by atoms with van der Waals surface area (Å²) in [7, 11) is -2.52. The number of anilines is 2. The van der Waals surface area contributed by atoms with Crippen LogP contribution >= 0.6 is 0 Å². The number of carbonyl (C=O) groups excluding carboxylic acids is 2. The van der Waals surface area contributed by atoms with Crippen LogP contribution < -0.4 is 15.4 Å². The van der Waals surface area contributed by atoms with Gasteiger partial charge < -0.3 is 30.1 Å². The molecule has 13 heteroatoms. The molecule has 0 aromatic heterocycles. The molecular weight excluding hydrogens is 639 g/mol. The summed E-state index contributed by atoms with van der Waals surface area (Å²) in [4.78, 5) is 28.6. The predicted molar refractivity (Wildman–Crippen MR) is 182 cm³/mol. The fourth-order valence-corrected chi connectivity index (χ4v) is 6.60. The number of sulfonamides is 1. The van der Waals surface area contributed by atoms with Gasteiger partial charge in [0.1, 0.15) is 11.6 Å². The number of rotatable bonds is 8. The van der Waals surface area contributed by atoms with Gasteiger partial charge in [-0.05, 0) is 87.7 Å². The number of benzene rings is 3. The molecule has 1 heterocycles. The Morgan fingerprint density at radius 3 is 2.42 bits per heavy atom. The van der Waals surface area contributed by atoms with Crippen LogP contribution in [0.3, 0.4) is 0 Å². The molecule has 3 N–H and O–H groups in total. The molecule has 0 saturated carbocycles. The lowest BCUT2D eigenvalue weighted by atomic mass is 10.0. The number of para-hydroxylation sites is 1. The number of fused-ring (bicyclic) bond motifs is 1. The quantitative estimate of drug-likeness (QED) is 0.282. The van der Waals surface area contributed by atoms with Crippen LogP contribution in [0.15, 0.2) is 77.7 Å². The van der Waals surface area contributed by atoms with Gasteiger partial charge in [0.2, 0.25) is 10.0 Å². The van der Waals surface area contributed by atoms with Gasteiger partial charge in [-0.25, -0.2) is 17.6 Å². The maximum Gasteiger partial charge on any atom is 0.323 e. The Morgan fingerprint density at radius 2 is 1.73 bits per heavy atom. The maximum absolute atomic E-state index is 14.3. The van der Waals surface area contributed by atoms with Crippen molar-refractivity contribution in [3.05, 3.63) is 84.2 Å². The number of aliphatic hydroxyl groups excluding tert-OH is 1. The third-order valence-electron chi connectivity index (χ3n) is 8.30. The molecule has 0 unspecified atom stereocenters. The minimum Gasteiger partial charge on any atom is -0.490 e. The van der Waals surface area contributed by atoms with Gasteiger partial charge in [0, 0.05) is 44.0 Å². The van der Waals surface area contributed by atoms with Crippen molar-refractivity contribution in [3.8, 4) is 5.75 Å². The summed E-state index contributed by atoms with van der Waals surface area (Å²) >= 11 is 0. The van der Waals surface area contributed by atoms with Crippen LogP contribution in [0.5, 0.6) is 5.75 Å². The van der Waals surface area contributed by atoms with E-state index in [1.807, 2.05) is 19.9 Å². The van der Waals surface area contributed by atoms with Crippen LogP contribution in [0.4, 0.5) is 20.6 Å². The number of hydrogen-bond acceptors (Lipinski definition) is 7. The van der Waals surface area contributed by atoms with E-state index in [0.29, 0.717) is 36.6 Å². The molecule has 0 radical (unpaired) electrons. The van der Waals surface area contributed by atoms with Gasteiger partial charge in [-0.3, -0.25) is 4.79 Å². The largest absolute Gasteiger partial charge is 0.490 e. The number of hydrogen-bond donors (Lipinski definition) is 3. The number of nitrogens with one attached hydrogen (secondary N) is 2. The first-order valence-electron chi connectivity index (χ1n) is 16.1. The second-order valence-electron chi connectivity index (χ2n) is 12.2. The lowest BCUT2D eigenvalue weighted by molar-refractivity contribution is -0.00834. The molecule has 4 rings (SSSR count). The third kappa shape index (κ3) is 9.75. The first-order chi connectivity index (χ1) is 22.9. The number of nitrogens with zero attached hydrogens (tertiary/aromatic N) is 2. The minimum atomic E-state index is -3.96. The Labute approximate surface area is 282 Å². The summed E-state index contributed by atoms with van der Waals surface area (Å²) in [6, 6.07) is 17.4. The van der Waals surface area contributed by atoms with Crippen molar-refractivity contribution in [2.45, 2.75) is 63.2 Å². The van der Waals surface area contributed by atoms with Gasteiger partial charge in [0.05, 0.1) is 35.3 Å². The smallest absolute Gasteiger partial charge is 0.323 e. The van der Waals surface area contributed by atoms with Crippen LogP contribution in [0.2, 0.25) is 0 Å². The lowest BCUT2D eigenvalue weighted by Crippen LogP contribution is -2.48. The molecule has 0 spiro atoms. The molecule has 260 valence electrons. The molecule has 0 saturated heterocycles. The zero-order chi connectivity index (χ0) is 34.8. The third-order valence-corrected chi connectivity index (χ3v) is 10.1. The molecule has 1 aliphatic rings. The van der Waals surface area contributed by atoms with Gasteiger partial charge in [-0.2, -0.15) is 4.31 Å². The van der Waals surface area contributed by atoms with Gasteiger partial charge in [0.25, 0.3) is 5.91 Å². The molecule has 3 aromatic rings. The van der Waals surface area contributed by atoms with Crippen molar-refractivity contribution < 1.29 is 37.0 Å². The molecule has 0 aliphatic carbocycles. The van der Waals surface area contributed by atoms with Crippen molar-refractivity contribution in [1.29, 1.82) is 0 Å². The monoisotopic (exact) mass is 684 g/mol. The van der Waals surface area contributed by atoms with Crippen LogP contribution in [0.25, 0.3) is 0 Å². The van der Waals surface area contributed by atoms with Crippen molar-refractivity contribution >= 4 is 33.3 Å². The van der Waals surface area contributed by atoms with E-state index in [-0.39, 0.29) is 42.2 Å². The molecule has 3 aromatic carbocycles. The second kappa shape index (κ2) is 16.9. The standard InChI is InChI=1S/C35H45FN4O7S/c1-24-21-40(25(2)23-41)34(42)31-20-29(38-35(43)37-28-11-6-5-7-12-28)15-18-32(31)47-26(3)10-8-9-19-46-33(24)22-39(4)48(44,45)30-16-13-27(36)14-17-30/h5-7,11-18,20,24-26,33,41H,8-10,19,21-23H2,1-4H3,(H2,37,38,43)/t24-,25+,26-,33-/m1/s1. The zero-order valence-electron chi connectivity index (χ0n) is 27.8. The van der Waals surface area contributed by atoms with E-state index in [4.69, 9.17) is 9.47 Å². The molecule has 3 amide bonds. The normalized spacial score (nSPS) is 20.3. The predicted octanol–water partition coefficient (Wildman–Crippen LogP) is 5.59. The Hall–Kier alpha value is -4.04. The van der Waals surface area contributed by atoms with E-state index in [2.05, 4.69) is 10.6 Å². The van der Waals surface area contributed by atoms with Crippen LogP contribution in [0, 0.1) is 11.7 Å². The van der Waals surface area contributed by atoms with Crippen molar-refractivity contribution in [1.82, 2.24) is 9.21 Å². The summed E-state index contributed by atoms with van der Waals surface area (Å²) in [5, 5.41) is 15.7. The van der Waals surface area contributed by atoms with Gasteiger partial charge in [-0.1, -0.05) is 25.1 Å². The first-order valence-corrected chi connectivity index (χ1v) is 17.5. The molecule has 0 fully saturated rings. The van der Waals surface area contributed by atoms with Crippen LogP contribution in [-0.2, 0) is 14.8 Å². The number of urea groups is 1. The molecule has 1 aliphatic heterocycles. The summed E-state index contributed by atoms with van der Waals surface area (Å²) in [5.74, 6) is -1.000. The Balaban J connectivity index is 1.62. The number of amides is 3. The highest BCUT2D eigenvalue weighted by Gasteiger charge is 2.32. The van der Waals surface area contributed by atoms with Crippen molar-refractivity contribution in [2.75, 3.05) is 44.0 Å². The van der Waals surface area contributed by atoms with Crippen LogP contribution in [-0.4, -0.2) is 86.3 Å². The lowest BCUT2D eigenvalue weighted by Gasteiger charge is -2.35. The number of carbonyl (C=O) groups is 2. The highest BCUT2D eigenvalue weighted by atomic mass is 32.2. The number of halogens is 1. The van der Waals surface area contributed by atoms with E-state index >= 15 is 0 Å². The fraction of sp³-hybridized carbons (Fsp3) is 0.429. The van der Waals surface area contributed by atoms with E-state index in [9.17, 15) is 27.5 Å². The Kier molecular flexibility index (Phi) is 12.9. The summed E-state index contributed by atoms with van der Waals surface area (Å²) in [6.45, 7) is 5.64. The molecule has 11 nitrogen and oxygen atoms in total. The molecule has 48 heavy (non-hydrogen) atoms. The molecule has 0 bridgehead atoms. The van der Waals surface area contributed by atoms with E-state index in [1.165, 1.54) is 28.4 Å². The summed E-state index contributed by atoms with van der Waals surface area (Å²) in [6.07, 6.45) is 1.28. The highest BCUT2D eigenvalue weighted by molar-refractivity contribution is 7.89. The van der Waals surface area contributed by atoms with Crippen LogP contribution in [0.1, 0.15) is 50.4 Å². The van der Waals surface area contributed by atoms with Gasteiger partial charge >= 0.3 is 6.03 Å². The number of likely N-dealkylation sites (N-methyl/N-ethyl adjacent to an activating group) is 1. The fourth-order valence-electron chi connectivity index (χ4n) is 5.42. The summed E-state index contributed by atoms with van der Waals surface area (Å²) < 4.78 is 53.9. The Morgan fingerprint density at radius 1 is 1.04 bits per heavy atom. The average Bonchev–Trinajstić information content (AvgIpc) is 3.06. The highest BCUT2D eigenvalue weighted by Crippen LogP contribution is 2.29. The maximum atomic E-state index is 14.3. The van der Waals surface area contributed by atoms with E-state index in [0.717, 1.165) is 18.6 Å². The second-order valence-corrected chi connectivity index (χ2v) is 14.2. The topological polar surface area (TPSA) is 138 Å². The summed E-state index contributed by atoms with van der Waals surface area (Å²) in [5.41, 5.74) is 1.18. The van der Waals surface area contributed by atoms with Crippen molar-refractivity contribution in [2.24, 2.45) is 5.92 Å². The minimum absolute atomic E-state index is 0.0168. The number of ether oxygens (including phenoxy) is 2.